The van der Waals surface area contributed by atoms with Crippen molar-refractivity contribution in [1.82, 2.24) is 4.98 Å². The van der Waals surface area contributed by atoms with E-state index in [-0.39, 0.29) is 5.91 Å². The van der Waals surface area contributed by atoms with Gasteiger partial charge in [-0.25, -0.2) is 4.98 Å². The molecule has 2 aromatic rings. The van der Waals surface area contributed by atoms with Gasteiger partial charge >= 0.3 is 0 Å². The number of nitrogens with one attached hydrogen (secondary N) is 1. The van der Waals surface area contributed by atoms with Gasteiger partial charge in [0.05, 0.1) is 11.9 Å². The Labute approximate surface area is 147 Å². The van der Waals surface area contributed by atoms with E-state index in [4.69, 9.17) is 11.6 Å². The number of benzene rings is 1. The van der Waals surface area contributed by atoms with E-state index in [0.717, 1.165) is 30.3 Å². The predicted octanol–water partition coefficient (Wildman–Crippen LogP) is 4.53. The van der Waals surface area contributed by atoms with Crippen molar-refractivity contribution in [3.8, 4) is 0 Å². The fourth-order valence-electron chi connectivity index (χ4n) is 2.90. The maximum absolute atomic E-state index is 12.4. The summed E-state index contributed by atoms with van der Waals surface area (Å²) in [6, 6.07) is 9.21. The van der Waals surface area contributed by atoms with Crippen molar-refractivity contribution in [2.75, 3.05) is 23.3 Å². The Balaban J connectivity index is 1.69. The molecule has 1 fully saturated rings. The molecule has 1 amide bonds. The summed E-state index contributed by atoms with van der Waals surface area (Å²) in [5.74, 6) is 0.569. The number of hydrogen-bond donors (Lipinski definition) is 1. The summed E-state index contributed by atoms with van der Waals surface area (Å²) in [7, 11) is 0. The first-order chi connectivity index (χ1) is 11.5. The number of pyridine rings is 1. The van der Waals surface area contributed by atoms with Gasteiger partial charge in [0.1, 0.15) is 5.69 Å². The average molecular weight is 344 g/mol. The lowest BCUT2D eigenvalue weighted by atomic mass is 9.99. The summed E-state index contributed by atoms with van der Waals surface area (Å²) in [4.78, 5) is 19.0. The minimum absolute atomic E-state index is 0.223. The fraction of sp³-hybridized carbons (Fsp3) is 0.368. The molecule has 0 radical (unpaired) electrons. The summed E-state index contributed by atoms with van der Waals surface area (Å²) >= 11 is 6.09. The van der Waals surface area contributed by atoms with Crippen LogP contribution in [0.2, 0.25) is 5.02 Å². The van der Waals surface area contributed by atoms with Gasteiger partial charge in [-0.15, -0.1) is 0 Å². The molecule has 1 aliphatic heterocycles. The van der Waals surface area contributed by atoms with Crippen LogP contribution in [0, 0.1) is 12.8 Å². The molecule has 2 heterocycles. The minimum atomic E-state index is -0.223. The quantitative estimate of drug-likeness (QED) is 0.890. The number of anilines is 2. The van der Waals surface area contributed by atoms with Gasteiger partial charge in [-0.1, -0.05) is 24.6 Å². The molecule has 1 aromatic carbocycles. The van der Waals surface area contributed by atoms with Gasteiger partial charge in [0.25, 0.3) is 5.91 Å². The number of hydrogen-bond acceptors (Lipinski definition) is 3. The first kappa shape index (κ1) is 16.8. The van der Waals surface area contributed by atoms with Crippen LogP contribution in [0.4, 0.5) is 11.4 Å². The lowest BCUT2D eigenvalue weighted by Crippen LogP contribution is -2.32. The molecular formula is C19H22ClN3O. The molecule has 1 N–H and O–H groups in total. The monoisotopic (exact) mass is 343 g/mol. The van der Waals surface area contributed by atoms with Crippen LogP contribution in [0.1, 0.15) is 35.8 Å². The second kappa shape index (κ2) is 7.22. The van der Waals surface area contributed by atoms with Gasteiger partial charge < -0.3 is 10.2 Å². The van der Waals surface area contributed by atoms with E-state index in [9.17, 15) is 4.79 Å². The summed E-state index contributed by atoms with van der Waals surface area (Å²) in [6.45, 7) is 6.28. The molecule has 3 rings (SSSR count). The molecule has 1 aliphatic rings. The van der Waals surface area contributed by atoms with Gasteiger partial charge in [0.2, 0.25) is 0 Å². The molecule has 0 bridgehead atoms. The largest absolute Gasteiger partial charge is 0.370 e. The highest BCUT2D eigenvalue weighted by Crippen LogP contribution is 2.24. The summed E-state index contributed by atoms with van der Waals surface area (Å²) in [5, 5.41) is 3.51. The SMILES string of the molecule is Cc1c(Cl)cccc1NC(=O)c1ccc(N2CCC(C)CC2)cn1. The molecule has 0 spiro atoms. The molecule has 24 heavy (non-hydrogen) atoms. The number of rotatable bonds is 3. The maximum atomic E-state index is 12.4. The van der Waals surface area contributed by atoms with Crippen molar-refractivity contribution in [3.63, 3.8) is 0 Å². The van der Waals surface area contributed by atoms with Crippen LogP contribution in [0.15, 0.2) is 36.5 Å². The van der Waals surface area contributed by atoms with Crippen molar-refractivity contribution < 1.29 is 4.79 Å². The Morgan fingerprint density at radius 3 is 2.67 bits per heavy atom. The van der Waals surface area contributed by atoms with Gasteiger partial charge in [-0.3, -0.25) is 4.79 Å². The first-order valence-corrected chi connectivity index (χ1v) is 8.70. The summed E-state index contributed by atoms with van der Waals surface area (Å²) in [6.07, 6.45) is 4.20. The third-order valence-corrected chi connectivity index (χ3v) is 5.05. The third-order valence-electron chi connectivity index (χ3n) is 4.65. The van der Waals surface area contributed by atoms with Gasteiger partial charge in [-0.2, -0.15) is 0 Å². The average Bonchev–Trinajstić information content (AvgIpc) is 2.60. The highest BCUT2D eigenvalue weighted by Gasteiger charge is 2.17. The van der Waals surface area contributed by atoms with Crippen molar-refractivity contribution in [3.05, 3.63) is 52.8 Å². The highest BCUT2D eigenvalue weighted by atomic mass is 35.5. The van der Waals surface area contributed by atoms with E-state index in [1.165, 1.54) is 12.8 Å². The second-order valence-electron chi connectivity index (χ2n) is 6.44. The zero-order valence-corrected chi connectivity index (χ0v) is 14.8. The number of halogens is 1. The lowest BCUT2D eigenvalue weighted by molar-refractivity contribution is 0.102. The Hall–Kier alpha value is -2.07. The van der Waals surface area contributed by atoms with Crippen LogP contribution in [0.3, 0.4) is 0 Å². The van der Waals surface area contributed by atoms with Crippen molar-refractivity contribution in [2.45, 2.75) is 26.7 Å². The number of nitrogens with zero attached hydrogens (tertiary/aromatic N) is 2. The molecule has 1 aromatic heterocycles. The summed E-state index contributed by atoms with van der Waals surface area (Å²) < 4.78 is 0. The third kappa shape index (κ3) is 3.70. The lowest BCUT2D eigenvalue weighted by Gasteiger charge is -2.31. The molecule has 0 unspecified atom stereocenters. The van der Waals surface area contributed by atoms with Crippen molar-refractivity contribution in [2.24, 2.45) is 5.92 Å². The minimum Gasteiger partial charge on any atom is -0.370 e. The Bertz CT molecular complexity index is 722. The fourth-order valence-corrected chi connectivity index (χ4v) is 3.08. The first-order valence-electron chi connectivity index (χ1n) is 8.32. The number of amides is 1. The van der Waals surface area contributed by atoms with Gasteiger partial charge in [0, 0.05) is 23.8 Å². The summed E-state index contributed by atoms with van der Waals surface area (Å²) in [5.41, 5.74) is 3.05. The topological polar surface area (TPSA) is 45.2 Å². The number of carbonyl (C=O) groups excluding carboxylic acids is 1. The van der Waals surface area contributed by atoms with E-state index < -0.39 is 0 Å². The normalized spacial score (nSPS) is 15.4. The number of aromatic nitrogens is 1. The van der Waals surface area contributed by atoms with Crippen molar-refractivity contribution in [1.29, 1.82) is 0 Å². The van der Waals surface area contributed by atoms with E-state index in [1.807, 2.05) is 25.1 Å². The molecule has 0 aliphatic carbocycles. The maximum Gasteiger partial charge on any atom is 0.274 e. The second-order valence-corrected chi connectivity index (χ2v) is 6.84. The molecule has 0 atom stereocenters. The molecular weight excluding hydrogens is 322 g/mol. The van der Waals surface area contributed by atoms with E-state index in [1.54, 1.807) is 18.3 Å². The highest BCUT2D eigenvalue weighted by molar-refractivity contribution is 6.31. The zero-order chi connectivity index (χ0) is 17.1. The van der Waals surface area contributed by atoms with Crippen molar-refractivity contribution >= 4 is 28.9 Å². The van der Waals surface area contributed by atoms with E-state index >= 15 is 0 Å². The number of piperidine rings is 1. The van der Waals surface area contributed by atoms with Crippen LogP contribution in [-0.4, -0.2) is 24.0 Å². The van der Waals surface area contributed by atoms with E-state index in [2.05, 4.69) is 22.1 Å². The van der Waals surface area contributed by atoms with Crippen LogP contribution < -0.4 is 10.2 Å². The Kier molecular flexibility index (Phi) is 5.05. The number of carbonyl (C=O) groups is 1. The molecule has 5 heteroatoms. The van der Waals surface area contributed by atoms with Gasteiger partial charge in [0.15, 0.2) is 0 Å². The molecule has 4 nitrogen and oxygen atoms in total. The molecule has 126 valence electrons. The Morgan fingerprint density at radius 1 is 1.25 bits per heavy atom. The molecule has 1 saturated heterocycles. The molecule has 0 saturated carbocycles. The predicted molar refractivity (Wildman–Crippen MR) is 99.0 cm³/mol. The standard InChI is InChI=1S/C19H22ClN3O/c1-13-8-10-23(11-9-13)15-6-7-18(21-12-15)19(24)22-17-5-3-4-16(20)14(17)2/h3-7,12-13H,8-11H2,1-2H3,(H,22,24). The van der Waals surface area contributed by atoms with E-state index in [0.29, 0.717) is 16.4 Å². The van der Waals surface area contributed by atoms with Gasteiger partial charge in [-0.05, 0) is 55.5 Å². The Morgan fingerprint density at radius 2 is 2.00 bits per heavy atom. The smallest absolute Gasteiger partial charge is 0.274 e. The zero-order valence-electron chi connectivity index (χ0n) is 14.1. The van der Waals surface area contributed by atoms with Crippen LogP contribution in [0.25, 0.3) is 0 Å². The van der Waals surface area contributed by atoms with Crippen LogP contribution >= 0.6 is 11.6 Å². The van der Waals surface area contributed by atoms with Crippen LogP contribution in [-0.2, 0) is 0 Å². The van der Waals surface area contributed by atoms with Crippen LogP contribution in [0.5, 0.6) is 0 Å².